The van der Waals surface area contributed by atoms with E-state index in [1.54, 1.807) is 36.4 Å². The molecule has 3 rings (SSSR count). The fraction of sp³-hybridized carbons (Fsp3) is 0.429. The van der Waals surface area contributed by atoms with E-state index in [4.69, 9.17) is 25.2 Å². The third-order valence-electron chi connectivity index (χ3n) is 4.65. The maximum Gasteiger partial charge on any atom is 0.119 e. The fourth-order valence-electron chi connectivity index (χ4n) is 3.12. The van der Waals surface area contributed by atoms with Crippen LogP contribution >= 0.6 is 11.6 Å². The molecule has 7 heteroatoms. The van der Waals surface area contributed by atoms with Gasteiger partial charge >= 0.3 is 0 Å². The van der Waals surface area contributed by atoms with E-state index in [1.165, 1.54) is 13.0 Å². The molecule has 0 unspecified atom stereocenters. The van der Waals surface area contributed by atoms with Gasteiger partial charge in [-0.3, -0.25) is 0 Å². The van der Waals surface area contributed by atoms with Crippen molar-refractivity contribution in [1.29, 1.82) is 0 Å². The fourth-order valence-corrected chi connectivity index (χ4v) is 3.31. The number of aliphatic hydroxyl groups excluding tert-OH is 4. The molecular weight excluding hydrogens is 384 g/mol. The Hall–Kier alpha value is -1.67. The van der Waals surface area contributed by atoms with E-state index in [0.717, 1.165) is 5.56 Å². The van der Waals surface area contributed by atoms with Gasteiger partial charge in [0.2, 0.25) is 0 Å². The lowest BCUT2D eigenvalue weighted by Crippen LogP contribution is -2.55. The molecule has 1 aliphatic heterocycles. The lowest BCUT2D eigenvalue weighted by molar-refractivity contribution is -0.231. The average Bonchev–Trinajstić information content (AvgIpc) is 2.71. The van der Waals surface area contributed by atoms with Crippen molar-refractivity contribution in [3.05, 3.63) is 64.2 Å². The van der Waals surface area contributed by atoms with E-state index >= 15 is 0 Å². The number of hydrogen-bond donors (Lipinski definition) is 4. The molecule has 0 aliphatic carbocycles. The predicted molar refractivity (Wildman–Crippen MR) is 105 cm³/mol. The molecule has 1 fully saturated rings. The van der Waals surface area contributed by atoms with Gasteiger partial charge in [-0.25, -0.2) is 0 Å². The molecule has 2 aromatic rings. The molecule has 0 spiro atoms. The largest absolute Gasteiger partial charge is 0.494 e. The van der Waals surface area contributed by atoms with Gasteiger partial charge in [-0.05, 0) is 48.2 Å². The minimum Gasteiger partial charge on any atom is -0.494 e. The Bertz CT molecular complexity index is 905. The molecule has 0 radical (unpaired) electrons. The Kier molecular flexibility index (Phi) is 5.67. The van der Waals surface area contributed by atoms with Gasteiger partial charge in [0.15, 0.2) is 0 Å². The first-order valence-electron chi connectivity index (χ1n) is 10.3. The predicted octanol–water partition coefficient (Wildman–Crippen LogP) is 1.84. The van der Waals surface area contributed by atoms with Crippen LogP contribution in [0, 0.1) is 0 Å². The molecule has 4 N–H and O–H groups in total. The van der Waals surface area contributed by atoms with Crippen molar-refractivity contribution in [2.24, 2.45) is 0 Å². The summed E-state index contributed by atoms with van der Waals surface area (Å²) in [6, 6.07) is 11.4. The molecule has 1 aliphatic rings. The Morgan fingerprint density at radius 2 is 1.82 bits per heavy atom. The molecule has 0 aromatic heterocycles. The topological polar surface area (TPSA) is 99.4 Å². The maximum absolute atomic E-state index is 10.4. The number of aliphatic hydroxyl groups is 4. The van der Waals surface area contributed by atoms with Crippen molar-refractivity contribution < 1.29 is 34.0 Å². The lowest BCUT2D eigenvalue weighted by Gasteiger charge is -2.40. The summed E-state index contributed by atoms with van der Waals surface area (Å²) in [5.41, 5.74) is 1.68. The Morgan fingerprint density at radius 3 is 2.46 bits per heavy atom. The monoisotopic (exact) mass is 411 g/mol. The SMILES string of the molecule is [2H]C([2H])(C)Oc1ccc(Cc2cc([C@]3([2H])O[C@H](CO)[C@@H](O)[C@H](O)[C@H]3O)ccc2Cl)cc1. The molecule has 5 atom stereocenters. The number of hydrogen-bond acceptors (Lipinski definition) is 6. The molecule has 0 amide bonds. The number of ether oxygens (including phenoxy) is 2. The summed E-state index contributed by atoms with van der Waals surface area (Å²) in [5.74, 6) is 0.377. The van der Waals surface area contributed by atoms with Crippen LogP contribution in [0.3, 0.4) is 0 Å². The van der Waals surface area contributed by atoms with Crippen molar-refractivity contribution in [3.63, 3.8) is 0 Å². The van der Waals surface area contributed by atoms with E-state index in [0.29, 0.717) is 22.8 Å². The van der Waals surface area contributed by atoms with Gasteiger partial charge in [-0.1, -0.05) is 35.9 Å². The summed E-state index contributed by atoms with van der Waals surface area (Å²) in [6.45, 7) is -1.12. The molecule has 1 heterocycles. The summed E-state index contributed by atoms with van der Waals surface area (Å²) in [5, 5.41) is 40.3. The van der Waals surface area contributed by atoms with Crippen LogP contribution in [0.5, 0.6) is 5.75 Å². The van der Waals surface area contributed by atoms with Crippen LogP contribution in [-0.2, 0) is 11.2 Å². The van der Waals surface area contributed by atoms with Gasteiger partial charge in [0.25, 0.3) is 0 Å². The van der Waals surface area contributed by atoms with Crippen LogP contribution in [-0.4, -0.2) is 58.0 Å². The van der Waals surface area contributed by atoms with Crippen molar-refractivity contribution in [2.75, 3.05) is 13.2 Å². The highest BCUT2D eigenvalue weighted by atomic mass is 35.5. The molecule has 0 saturated carbocycles. The molecule has 1 saturated heterocycles. The Balaban J connectivity index is 1.86. The van der Waals surface area contributed by atoms with Gasteiger partial charge in [-0.15, -0.1) is 0 Å². The van der Waals surface area contributed by atoms with Crippen molar-refractivity contribution >= 4 is 11.6 Å². The highest BCUT2D eigenvalue weighted by Gasteiger charge is 2.43. The second kappa shape index (κ2) is 9.22. The number of benzene rings is 2. The summed E-state index contributed by atoms with van der Waals surface area (Å²) >= 11 is 6.32. The standard InChI is InChI=1S/C21H25ClO6/c1-2-27-15-6-3-12(4-7-15)9-14-10-13(5-8-16(14)22)21-20(26)19(25)18(24)17(11-23)28-21/h3-8,10,17-21,23-26H,2,9,11H2,1H3/t17-,18-,19+,20-,21+/m1/s1/i2D2,21D. The highest BCUT2D eigenvalue weighted by molar-refractivity contribution is 6.31. The zero-order valence-electron chi connectivity index (χ0n) is 18.2. The first kappa shape index (κ1) is 17.2. The molecule has 2 aromatic carbocycles. The zero-order chi connectivity index (χ0) is 23.0. The quantitative estimate of drug-likeness (QED) is 0.579. The van der Waals surface area contributed by atoms with Gasteiger partial charge in [-0.2, -0.15) is 0 Å². The van der Waals surface area contributed by atoms with E-state index in [1.807, 2.05) is 0 Å². The first-order valence-corrected chi connectivity index (χ1v) is 9.22. The number of halogens is 1. The maximum atomic E-state index is 10.4. The van der Waals surface area contributed by atoms with Gasteiger partial charge in [0, 0.05) is 5.02 Å². The van der Waals surface area contributed by atoms with E-state index in [9.17, 15) is 20.4 Å². The van der Waals surface area contributed by atoms with Crippen LogP contribution in [0.2, 0.25) is 5.02 Å². The van der Waals surface area contributed by atoms with Crippen molar-refractivity contribution in [2.45, 2.75) is 43.8 Å². The molecule has 6 nitrogen and oxygen atoms in total. The summed E-state index contributed by atoms with van der Waals surface area (Å²) in [6.07, 6.45) is -7.93. The number of rotatable bonds is 6. The Labute approximate surface area is 173 Å². The second-order valence-corrected chi connectivity index (χ2v) is 6.97. The zero-order valence-corrected chi connectivity index (χ0v) is 16.0. The average molecular weight is 412 g/mol. The van der Waals surface area contributed by atoms with E-state index in [-0.39, 0.29) is 5.56 Å². The van der Waals surface area contributed by atoms with Crippen molar-refractivity contribution in [3.8, 4) is 5.75 Å². The normalized spacial score (nSPS) is 32.3. The van der Waals surface area contributed by atoms with E-state index in [2.05, 4.69) is 0 Å². The van der Waals surface area contributed by atoms with Crippen LogP contribution in [0.4, 0.5) is 0 Å². The lowest BCUT2D eigenvalue weighted by atomic mass is 9.90. The minimum atomic E-state index is -2.12. The second-order valence-electron chi connectivity index (χ2n) is 6.56. The smallest absolute Gasteiger partial charge is 0.119 e. The summed E-state index contributed by atoms with van der Waals surface area (Å²) in [4.78, 5) is 0. The third-order valence-corrected chi connectivity index (χ3v) is 5.02. The van der Waals surface area contributed by atoms with Crippen LogP contribution in [0.25, 0.3) is 0 Å². The van der Waals surface area contributed by atoms with Crippen LogP contribution < -0.4 is 4.74 Å². The first-order chi connectivity index (χ1) is 14.4. The molecule has 152 valence electrons. The Morgan fingerprint density at radius 1 is 1.11 bits per heavy atom. The third kappa shape index (κ3) is 4.49. The minimum absolute atomic E-state index is 0.211. The summed E-state index contributed by atoms with van der Waals surface area (Å²) in [7, 11) is 0. The van der Waals surface area contributed by atoms with Gasteiger partial charge in [0.1, 0.15) is 36.2 Å². The van der Waals surface area contributed by atoms with Gasteiger partial charge < -0.3 is 29.9 Å². The van der Waals surface area contributed by atoms with E-state index < -0.39 is 43.7 Å². The molecular formula is C21H25ClO6. The van der Waals surface area contributed by atoms with Crippen LogP contribution in [0.1, 0.15) is 33.8 Å². The highest BCUT2D eigenvalue weighted by Crippen LogP contribution is 2.34. The molecule has 0 bridgehead atoms. The molecule has 28 heavy (non-hydrogen) atoms. The van der Waals surface area contributed by atoms with Gasteiger partial charge in [0.05, 0.1) is 17.3 Å². The summed E-state index contributed by atoms with van der Waals surface area (Å²) < 4.78 is 34.2. The van der Waals surface area contributed by atoms with Crippen molar-refractivity contribution in [1.82, 2.24) is 0 Å². The van der Waals surface area contributed by atoms with Crippen LogP contribution in [0.15, 0.2) is 42.5 Å².